The molecule has 1 saturated heterocycles. The number of ether oxygens (including phenoxy) is 3. The van der Waals surface area contributed by atoms with Crippen LogP contribution in [0.25, 0.3) is 0 Å². The molecule has 3 rings (SSSR count). The van der Waals surface area contributed by atoms with Crippen LogP contribution in [0.15, 0.2) is 36.7 Å². The molecule has 0 saturated carbocycles. The number of amides is 3. The number of benzene rings is 1. The molecular formula is C23H30N4O5. The van der Waals surface area contributed by atoms with Crippen LogP contribution in [0.1, 0.15) is 28.8 Å². The van der Waals surface area contributed by atoms with Gasteiger partial charge in [0.05, 0.1) is 31.6 Å². The summed E-state index contributed by atoms with van der Waals surface area (Å²) in [5.74, 6) is 0.553. The van der Waals surface area contributed by atoms with Gasteiger partial charge >= 0.3 is 6.03 Å². The highest BCUT2D eigenvalue weighted by Gasteiger charge is 2.25. The van der Waals surface area contributed by atoms with E-state index in [9.17, 15) is 9.59 Å². The predicted molar refractivity (Wildman–Crippen MR) is 120 cm³/mol. The van der Waals surface area contributed by atoms with E-state index in [2.05, 4.69) is 10.3 Å². The second kappa shape index (κ2) is 10.8. The minimum absolute atomic E-state index is 0.0225. The van der Waals surface area contributed by atoms with Gasteiger partial charge in [0.15, 0.2) is 11.5 Å². The van der Waals surface area contributed by atoms with Gasteiger partial charge in [0, 0.05) is 52.3 Å². The lowest BCUT2D eigenvalue weighted by atomic mass is 10.1. The Kier molecular flexibility index (Phi) is 7.88. The van der Waals surface area contributed by atoms with Crippen LogP contribution in [0, 0.1) is 0 Å². The van der Waals surface area contributed by atoms with Crippen LogP contribution in [-0.4, -0.2) is 74.3 Å². The zero-order chi connectivity index (χ0) is 23.1. The molecule has 1 fully saturated rings. The van der Waals surface area contributed by atoms with Gasteiger partial charge in [-0.2, -0.15) is 0 Å². The lowest BCUT2D eigenvalue weighted by Gasteiger charge is -2.26. The fraction of sp³-hybridized carbons (Fsp3) is 0.435. The van der Waals surface area contributed by atoms with Gasteiger partial charge in [-0.15, -0.1) is 0 Å². The van der Waals surface area contributed by atoms with Crippen LogP contribution in [0.4, 0.5) is 10.5 Å². The third-order valence-electron chi connectivity index (χ3n) is 5.23. The number of aromatic nitrogens is 1. The molecule has 2 aromatic rings. The van der Waals surface area contributed by atoms with Crippen molar-refractivity contribution in [1.82, 2.24) is 14.8 Å². The van der Waals surface area contributed by atoms with Gasteiger partial charge in [-0.05, 0) is 30.5 Å². The summed E-state index contributed by atoms with van der Waals surface area (Å²) in [7, 11) is 6.30. The lowest BCUT2D eigenvalue weighted by Crippen LogP contribution is -2.40. The molecule has 0 bridgehead atoms. The molecule has 0 aliphatic carbocycles. The second-order valence-corrected chi connectivity index (χ2v) is 7.76. The van der Waals surface area contributed by atoms with Gasteiger partial charge in [-0.3, -0.25) is 9.78 Å². The molecule has 1 aromatic carbocycles. The number of methoxy groups -OCH3 is 2. The summed E-state index contributed by atoms with van der Waals surface area (Å²) in [6.07, 6.45) is 5.27. The number of anilines is 1. The summed E-state index contributed by atoms with van der Waals surface area (Å²) in [5.41, 5.74) is 1.55. The van der Waals surface area contributed by atoms with Crippen molar-refractivity contribution in [2.24, 2.45) is 0 Å². The van der Waals surface area contributed by atoms with Gasteiger partial charge in [-0.1, -0.05) is 6.07 Å². The number of hydrogen-bond donors (Lipinski definition) is 1. The Morgan fingerprint density at radius 1 is 1.22 bits per heavy atom. The number of urea groups is 1. The van der Waals surface area contributed by atoms with Gasteiger partial charge in [0.25, 0.3) is 5.91 Å². The number of carbonyl (C=O) groups is 2. The average molecular weight is 443 g/mol. The molecule has 9 heteroatoms. The molecule has 32 heavy (non-hydrogen) atoms. The monoisotopic (exact) mass is 442 g/mol. The molecule has 1 aromatic heterocycles. The zero-order valence-electron chi connectivity index (χ0n) is 19.0. The fourth-order valence-corrected chi connectivity index (χ4v) is 3.56. The number of carbonyl (C=O) groups excluding carboxylic acids is 2. The first kappa shape index (κ1) is 23.3. The highest BCUT2D eigenvalue weighted by Crippen LogP contribution is 2.34. The minimum Gasteiger partial charge on any atom is -0.493 e. The van der Waals surface area contributed by atoms with Crippen LogP contribution < -0.4 is 14.8 Å². The van der Waals surface area contributed by atoms with Gasteiger partial charge < -0.3 is 29.3 Å². The number of hydrogen-bond acceptors (Lipinski definition) is 6. The Bertz CT molecular complexity index is 929. The Balaban J connectivity index is 1.90. The van der Waals surface area contributed by atoms with Crippen molar-refractivity contribution < 1.29 is 23.8 Å². The number of nitrogens with one attached hydrogen (secondary N) is 1. The summed E-state index contributed by atoms with van der Waals surface area (Å²) in [6, 6.07) is 6.58. The van der Waals surface area contributed by atoms with Crippen LogP contribution in [0.5, 0.6) is 11.5 Å². The van der Waals surface area contributed by atoms with E-state index in [0.717, 1.165) is 18.4 Å². The maximum Gasteiger partial charge on any atom is 0.322 e. The zero-order valence-corrected chi connectivity index (χ0v) is 19.0. The van der Waals surface area contributed by atoms with Crippen LogP contribution in [0.2, 0.25) is 0 Å². The van der Waals surface area contributed by atoms with Crippen molar-refractivity contribution in [1.29, 1.82) is 0 Å². The van der Waals surface area contributed by atoms with E-state index in [1.54, 1.807) is 43.5 Å². The van der Waals surface area contributed by atoms with Gasteiger partial charge in [0.1, 0.15) is 0 Å². The average Bonchev–Trinajstić information content (AvgIpc) is 3.31. The van der Waals surface area contributed by atoms with Crippen LogP contribution in [0.3, 0.4) is 0 Å². The van der Waals surface area contributed by atoms with Crippen molar-refractivity contribution >= 4 is 17.6 Å². The summed E-state index contributed by atoms with van der Waals surface area (Å²) in [6.45, 7) is 1.50. The number of pyridine rings is 1. The van der Waals surface area contributed by atoms with E-state index in [1.807, 2.05) is 12.1 Å². The Morgan fingerprint density at radius 2 is 1.97 bits per heavy atom. The molecular weight excluding hydrogens is 412 g/mol. The van der Waals surface area contributed by atoms with E-state index in [4.69, 9.17) is 14.2 Å². The van der Waals surface area contributed by atoms with Crippen LogP contribution >= 0.6 is 0 Å². The van der Waals surface area contributed by atoms with Crippen molar-refractivity contribution in [3.05, 3.63) is 47.8 Å². The van der Waals surface area contributed by atoms with Crippen molar-refractivity contribution in [3.8, 4) is 11.5 Å². The highest BCUT2D eigenvalue weighted by atomic mass is 16.5. The first-order valence-electron chi connectivity index (χ1n) is 10.5. The minimum atomic E-state index is -0.343. The predicted octanol–water partition coefficient (Wildman–Crippen LogP) is 3.01. The molecule has 172 valence electrons. The molecule has 9 nitrogen and oxygen atoms in total. The topological polar surface area (TPSA) is 93.2 Å². The fourth-order valence-electron chi connectivity index (χ4n) is 3.56. The van der Waals surface area contributed by atoms with Gasteiger partial charge in [-0.25, -0.2) is 4.79 Å². The molecule has 0 radical (unpaired) electrons. The molecule has 1 unspecified atom stereocenters. The standard InChI is InChI=1S/C23H30N4O5/c1-26(2)22(28)18-11-20(30-3)21(31-4)12-19(18)25-23(29)27(15-17-8-6-10-32-17)14-16-7-5-9-24-13-16/h5,7,9,11-13,17H,6,8,10,14-15H2,1-4H3,(H,25,29). The molecule has 1 aliphatic heterocycles. The SMILES string of the molecule is COc1cc(NC(=O)N(Cc2cccnc2)CC2CCCO2)c(C(=O)N(C)C)cc1OC. The quantitative estimate of drug-likeness (QED) is 0.676. The molecule has 1 atom stereocenters. The maximum absolute atomic E-state index is 13.3. The largest absolute Gasteiger partial charge is 0.493 e. The highest BCUT2D eigenvalue weighted by molar-refractivity contribution is 6.04. The smallest absolute Gasteiger partial charge is 0.322 e. The van der Waals surface area contributed by atoms with Crippen molar-refractivity contribution in [2.75, 3.05) is 46.8 Å². The number of rotatable bonds is 8. The first-order chi connectivity index (χ1) is 15.4. The Labute approximate surface area is 188 Å². The van der Waals surface area contributed by atoms with E-state index in [1.165, 1.54) is 19.1 Å². The molecule has 1 N–H and O–H groups in total. The molecule has 3 amide bonds. The third-order valence-corrected chi connectivity index (χ3v) is 5.23. The second-order valence-electron chi connectivity index (χ2n) is 7.76. The molecule has 0 spiro atoms. The maximum atomic E-state index is 13.3. The van der Waals surface area contributed by atoms with E-state index >= 15 is 0 Å². The molecule has 2 heterocycles. The normalized spacial score (nSPS) is 15.2. The van der Waals surface area contributed by atoms with E-state index < -0.39 is 0 Å². The summed E-state index contributed by atoms with van der Waals surface area (Å²) < 4.78 is 16.5. The Hall–Kier alpha value is -3.33. The van der Waals surface area contributed by atoms with Crippen molar-refractivity contribution in [3.63, 3.8) is 0 Å². The summed E-state index contributed by atoms with van der Waals surface area (Å²) >= 11 is 0. The first-order valence-corrected chi connectivity index (χ1v) is 10.5. The summed E-state index contributed by atoms with van der Waals surface area (Å²) in [4.78, 5) is 33.4. The van der Waals surface area contributed by atoms with Gasteiger partial charge in [0.2, 0.25) is 0 Å². The Morgan fingerprint density at radius 3 is 2.56 bits per heavy atom. The van der Waals surface area contributed by atoms with E-state index in [-0.39, 0.29) is 18.0 Å². The van der Waals surface area contributed by atoms with Crippen molar-refractivity contribution in [2.45, 2.75) is 25.5 Å². The summed E-state index contributed by atoms with van der Waals surface area (Å²) in [5, 5.41) is 2.89. The lowest BCUT2D eigenvalue weighted by molar-refractivity contribution is 0.0816. The van der Waals surface area contributed by atoms with Crippen LogP contribution in [-0.2, 0) is 11.3 Å². The molecule has 1 aliphatic rings. The van der Waals surface area contributed by atoms with E-state index in [0.29, 0.717) is 42.4 Å². The third kappa shape index (κ3) is 5.67. The number of nitrogens with zero attached hydrogens (tertiary/aromatic N) is 3.